The average molecular weight is 437 g/mol. The molecule has 148 valence electrons. The fraction of sp³-hybridized carbons (Fsp3) is 0.105. The predicted octanol–water partition coefficient (Wildman–Crippen LogP) is 5.29. The highest BCUT2D eigenvalue weighted by atomic mass is 35.5. The molecule has 0 aliphatic heterocycles. The first-order chi connectivity index (χ1) is 13.8. The molecular formula is C19H12ClF3N4OS. The number of anilines is 1. The van der Waals surface area contributed by atoms with E-state index < -0.39 is 11.7 Å². The van der Waals surface area contributed by atoms with Gasteiger partial charge in [0.15, 0.2) is 10.8 Å². The van der Waals surface area contributed by atoms with Crippen molar-refractivity contribution in [1.29, 1.82) is 0 Å². The SMILES string of the molecule is O=C(CSc1nnc2c(Cl)cc(C(F)(F)F)cn12)Nc1ccc2ccccc2c1. The van der Waals surface area contributed by atoms with Crippen LogP contribution < -0.4 is 5.32 Å². The van der Waals surface area contributed by atoms with Crippen LogP contribution in [0.3, 0.4) is 0 Å². The molecular weight excluding hydrogens is 425 g/mol. The lowest BCUT2D eigenvalue weighted by atomic mass is 10.1. The van der Waals surface area contributed by atoms with Crippen molar-refractivity contribution in [1.82, 2.24) is 14.6 Å². The Morgan fingerprint density at radius 2 is 1.86 bits per heavy atom. The number of hydrogen-bond donors (Lipinski definition) is 1. The molecule has 2 aromatic heterocycles. The number of alkyl halides is 3. The maximum atomic E-state index is 13.0. The van der Waals surface area contributed by atoms with Crippen molar-refractivity contribution in [2.45, 2.75) is 11.3 Å². The molecule has 0 aliphatic carbocycles. The zero-order valence-electron chi connectivity index (χ0n) is 14.6. The molecule has 2 aromatic carbocycles. The first kappa shape index (κ1) is 19.5. The number of rotatable bonds is 4. The predicted molar refractivity (Wildman–Crippen MR) is 106 cm³/mol. The van der Waals surface area contributed by atoms with Gasteiger partial charge in [0.2, 0.25) is 5.91 Å². The van der Waals surface area contributed by atoms with Crippen LogP contribution in [0.1, 0.15) is 5.56 Å². The Kier molecular flexibility index (Phi) is 5.10. The number of hydrogen-bond acceptors (Lipinski definition) is 4. The number of benzene rings is 2. The summed E-state index contributed by atoms with van der Waals surface area (Å²) in [6.07, 6.45) is -3.69. The Labute approximate surface area is 171 Å². The highest BCUT2D eigenvalue weighted by Crippen LogP contribution is 2.33. The number of pyridine rings is 1. The van der Waals surface area contributed by atoms with Crippen LogP contribution in [0, 0.1) is 0 Å². The largest absolute Gasteiger partial charge is 0.417 e. The van der Waals surface area contributed by atoms with Gasteiger partial charge in [-0.2, -0.15) is 13.2 Å². The third kappa shape index (κ3) is 4.15. The topological polar surface area (TPSA) is 59.3 Å². The van der Waals surface area contributed by atoms with E-state index in [2.05, 4.69) is 15.5 Å². The zero-order chi connectivity index (χ0) is 20.6. The molecule has 2 heterocycles. The number of halogens is 4. The third-order valence-electron chi connectivity index (χ3n) is 4.12. The van der Waals surface area contributed by atoms with Gasteiger partial charge in [-0.1, -0.05) is 53.7 Å². The summed E-state index contributed by atoms with van der Waals surface area (Å²) < 4.78 is 40.2. The number of carbonyl (C=O) groups is 1. The van der Waals surface area contributed by atoms with E-state index in [0.717, 1.165) is 39.2 Å². The Balaban J connectivity index is 1.50. The van der Waals surface area contributed by atoms with E-state index in [-0.39, 0.29) is 27.5 Å². The van der Waals surface area contributed by atoms with Crippen LogP contribution in [-0.4, -0.2) is 26.3 Å². The smallest absolute Gasteiger partial charge is 0.325 e. The van der Waals surface area contributed by atoms with Crippen molar-refractivity contribution >= 4 is 51.4 Å². The van der Waals surface area contributed by atoms with Gasteiger partial charge < -0.3 is 5.32 Å². The molecule has 0 spiro atoms. The maximum Gasteiger partial charge on any atom is 0.417 e. The number of nitrogens with one attached hydrogen (secondary N) is 1. The van der Waals surface area contributed by atoms with Crippen molar-refractivity contribution in [3.63, 3.8) is 0 Å². The van der Waals surface area contributed by atoms with Crippen molar-refractivity contribution < 1.29 is 18.0 Å². The van der Waals surface area contributed by atoms with Crippen LogP contribution >= 0.6 is 23.4 Å². The second kappa shape index (κ2) is 7.57. The molecule has 0 bridgehead atoms. The number of thioether (sulfide) groups is 1. The molecule has 4 aromatic rings. The van der Waals surface area contributed by atoms with Crippen molar-refractivity contribution in [3.8, 4) is 0 Å². The standard InChI is InChI=1S/C19H12ClF3N4OS/c20-15-8-13(19(21,22)23)9-27-17(15)25-26-18(27)29-10-16(28)24-14-6-5-11-3-1-2-4-12(11)7-14/h1-9H,10H2,(H,24,28). The highest BCUT2D eigenvalue weighted by Gasteiger charge is 2.32. The monoisotopic (exact) mass is 436 g/mol. The summed E-state index contributed by atoms with van der Waals surface area (Å²) >= 11 is 6.85. The fourth-order valence-corrected chi connectivity index (χ4v) is 3.74. The second-order valence-electron chi connectivity index (χ2n) is 6.15. The molecule has 1 N–H and O–H groups in total. The third-order valence-corrected chi connectivity index (χ3v) is 5.34. The van der Waals surface area contributed by atoms with E-state index in [1.54, 1.807) is 6.07 Å². The number of carbonyl (C=O) groups excluding carboxylic acids is 1. The van der Waals surface area contributed by atoms with E-state index in [1.807, 2.05) is 36.4 Å². The lowest BCUT2D eigenvalue weighted by molar-refractivity contribution is -0.137. The van der Waals surface area contributed by atoms with Crippen molar-refractivity contribution in [3.05, 3.63) is 65.3 Å². The van der Waals surface area contributed by atoms with Crippen LogP contribution in [0.25, 0.3) is 16.4 Å². The van der Waals surface area contributed by atoms with Gasteiger partial charge in [0.25, 0.3) is 0 Å². The minimum Gasteiger partial charge on any atom is -0.325 e. The first-order valence-electron chi connectivity index (χ1n) is 8.34. The normalized spacial score (nSPS) is 11.9. The summed E-state index contributed by atoms with van der Waals surface area (Å²) in [6.45, 7) is 0. The molecule has 0 saturated carbocycles. The van der Waals surface area contributed by atoms with Crippen molar-refractivity contribution in [2.75, 3.05) is 11.1 Å². The van der Waals surface area contributed by atoms with Gasteiger partial charge in [0, 0.05) is 11.9 Å². The number of amides is 1. The molecule has 0 aliphatic rings. The van der Waals surface area contributed by atoms with E-state index in [0.29, 0.717) is 5.69 Å². The summed E-state index contributed by atoms with van der Waals surface area (Å²) in [6, 6.07) is 14.1. The van der Waals surface area contributed by atoms with Crippen LogP contribution in [0.4, 0.5) is 18.9 Å². The first-order valence-corrected chi connectivity index (χ1v) is 9.70. The Morgan fingerprint density at radius 3 is 2.62 bits per heavy atom. The average Bonchev–Trinajstić information content (AvgIpc) is 3.09. The molecule has 10 heteroatoms. The van der Waals surface area contributed by atoms with Gasteiger partial charge in [0.05, 0.1) is 16.3 Å². The number of nitrogens with zero attached hydrogens (tertiary/aromatic N) is 3. The van der Waals surface area contributed by atoms with E-state index in [1.165, 1.54) is 0 Å². The van der Waals surface area contributed by atoms with Gasteiger partial charge in [-0.25, -0.2) is 0 Å². The summed E-state index contributed by atoms with van der Waals surface area (Å²) in [5.74, 6) is -0.373. The maximum absolute atomic E-state index is 13.0. The Morgan fingerprint density at radius 1 is 1.10 bits per heavy atom. The second-order valence-corrected chi connectivity index (χ2v) is 7.50. The lowest BCUT2D eigenvalue weighted by Crippen LogP contribution is -2.14. The van der Waals surface area contributed by atoms with Gasteiger partial charge in [-0.3, -0.25) is 9.20 Å². The Bertz CT molecular complexity index is 1230. The van der Waals surface area contributed by atoms with Crippen LogP contribution in [0.2, 0.25) is 5.02 Å². The zero-order valence-corrected chi connectivity index (χ0v) is 16.1. The minimum absolute atomic E-state index is 0.0541. The number of fused-ring (bicyclic) bond motifs is 2. The summed E-state index contributed by atoms with van der Waals surface area (Å²) in [5, 5.41) is 12.4. The molecule has 0 unspecified atom stereocenters. The molecule has 0 fully saturated rings. The molecule has 0 atom stereocenters. The van der Waals surface area contributed by atoms with Gasteiger partial charge in [0.1, 0.15) is 0 Å². The number of aromatic nitrogens is 3. The minimum atomic E-state index is -4.56. The van der Waals surface area contributed by atoms with Crippen LogP contribution in [-0.2, 0) is 11.0 Å². The van der Waals surface area contributed by atoms with Crippen molar-refractivity contribution in [2.24, 2.45) is 0 Å². The fourth-order valence-electron chi connectivity index (χ4n) is 2.78. The Hall–Kier alpha value is -2.78. The lowest BCUT2D eigenvalue weighted by Gasteiger charge is -2.09. The quantitative estimate of drug-likeness (QED) is 0.442. The molecule has 0 saturated heterocycles. The van der Waals surface area contributed by atoms with Gasteiger partial charge >= 0.3 is 6.18 Å². The van der Waals surface area contributed by atoms with Crippen LogP contribution in [0.15, 0.2) is 59.9 Å². The van der Waals surface area contributed by atoms with Gasteiger partial charge in [-0.15, -0.1) is 10.2 Å². The highest BCUT2D eigenvalue weighted by molar-refractivity contribution is 7.99. The van der Waals surface area contributed by atoms with Crippen LogP contribution in [0.5, 0.6) is 0 Å². The molecule has 29 heavy (non-hydrogen) atoms. The molecule has 5 nitrogen and oxygen atoms in total. The molecule has 0 radical (unpaired) electrons. The molecule has 1 amide bonds. The van der Waals surface area contributed by atoms with E-state index in [9.17, 15) is 18.0 Å². The summed E-state index contributed by atoms with van der Waals surface area (Å²) in [7, 11) is 0. The van der Waals surface area contributed by atoms with E-state index in [4.69, 9.17) is 11.6 Å². The van der Waals surface area contributed by atoms with Gasteiger partial charge in [-0.05, 0) is 29.0 Å². The molecule has 4 rings (SSSR count). The van der Waals surface area contributed by atoms with E-state index >= 15 is 0 Å². The summed E-state index contributed by atoms with van der Waals surface area (Å²) in [4.78, 5) is 12.3. The summed E-state index contributed by atoms with van der Waals surface area (Å²) in [5.41, 5.74) is -0.197.